The van der Waals surface area contributed by atoms with Gasteiger partial charge in [-0.1, -0.05) is 0 Å². The number of nitrogens with zero attached hydrogens (tertiary/aromatic N) is 1. The summed E-state index contributed by atoms with van der Waals surface area (Å²) >= 11 is 0. The van der Waals surface area contributed by atoms with Crippen molar-refractivity contribution < 1.29 is 27.1 Å². The van der Waals surface area contributed by atoms with Crippen molar-refractivity contribution in [3.63, 3.8) is 0 Å². The third-order valence-corrected chi connectivity index (χ3v) is 5.47. The van der Waals surface area contributed by atoms with Crippen LogP contribution in [0.15, 0.2) is 59.5 Å². The molecule has 3 aromatic rings. The molecule has 0 saturated carbocycles. The lowest BCUT2D eigenvalue weighted by molar-refractivity contribution is -0.119. The highest BCUT2D eigenvalue weighted by Crippen LogP contribution is 2.22. The van der Waals surface area contributed by atoms with Crippen molar-refractivity contribution in [2.75, 3.05) is 11.9 Å². The maximum Gasteiger partial charge on any atom is 0.340 e. The molecule has 2 aromatic carbocycles. The van der Waals surface area contributed by atoms with Gasteiger partial charge in [-0.05, 0) is 68.4 Å². The van der Waals surface area contributed by atoms with Gasteiger partial charge >= 0.3 is 5.97 Å². The van der Waals surface area contributed by atoms with E-state index in [1.807, 2.05) is 0 Å². The molecule has 162 valence electrons. The highest BCUT2D eigenvalue weighted by atomic mass is 32.2. The van der Waals surface area contributed by atoms with Crippen LogP contribution in [-0.4, -0.2) is 31.5 Å². The summed E-state index contributed by atoms with van der Waals surface area (Å²) in [5.41, 5.74) is 2.63. The van der Waals surface area contributed by atoms with Crippen molar-refractivity contribution in [3.05, 3.63) is 77.4 Å². The van der Waals surface area contributed by atoms with Gasteiger partial charge in [0.25, 0.3) is 5.91 Å². The van der Waals surface area contributed by atoms with Crippen molar-refractivity contribution in [3.8, 4) is 5.69 Å². The minimum atomic E-state index is -3.83. The summed E-state index contributed by atoms with van der Waals surface area (Å²) in [6.45, 7) is 2.99. The summed E-state index contributed by atoms with van der Waals surface area (Å²) in [6, 6.07) is 12.7. The van der Waals surface area contributed by atoms with E-state index in [9.17, 15) is 22.4 Å². The fraction of sp³-hybridized carbons (Fsp3) is 0.143. The average molecular weight is 445 g/mol. The molecule has 0 aliphatic rings. The van der Waals surface area contributed by atoms with E-state index in [4.69, 9.17) is 9.88 Å². The molecule has 1 amide bonds. The molecule has 0 radical (unpaired) electrons. The number of nitrogens with two attached hydrogens (primary N) is 1. The normalized spacial score (nSPS) is 11.2. The van der Waals surface area contributed by atoms with Gasteiger partial charge in [0, 0.05) is 22.8 Å². The van der Waals surface area contributed by atoms with E-state index in [-0.39, 0.29) is 16.3 Å². The van der Waals surface area contributed by atoms with Crippen LogP contribution in [0.1, 0.15) is 21.7 Å². The number of primary sulfonamides is 1. The van der Waals surface area contributed by atoms with E-state index in [0.29, 0.717) is 17.1 Å². The zero-order chi connectivity index (χ0) is 22.8. The zero-order valence-electron chi connectivity index (χ0n) is 16.8. The molecule has 3 rings (SSSR count). The lowest BCUT2D eigenvalue weighted by atomic mass is 10.2. The second kappa shape index (κ2) is 8.70. The largest absolute Gasteiger partial charge is 0.452 e. The lowest BCUT2D eigenvalue weighted by Gasteiger charge is -2.10. The zero-order valence-corrected chi connectivity index (χ0v) is 17.6. The number of halogens is 1. The highest BCUT2D eigenvalue weighted by Gasteiger charge is 2.19. The molecule has 8 nitrogen and oxygen atoms in total. The molecule has 0 aliphatic carbocycles. The Morgan fingerprint density at radius 3 is 2.26 bits per heavy atom. The number of nitrogens with one attached hydrogen (secondary N) is 1. The summed E-state index contributed by atoms with van der Waals surface area (Å²) in [4.78, 5) is 24.5. The second-order valence-corrected chi connectivity index (χ2v) is 8.35. The Labute approximate surface area is 178 Å². The topological polar surface area (TPSA) is 120 Å². The second-order valence-electron chi connectivity index (χ2n) is 6.79. The Morgan fingerprint density at radius 1 is 1.06 bits per heavy atom. The molecule has 0 saturated heterocycles. The number of aromatic nitrogens is 1. The molecule has 0 spiro atoms. The molecular weight excluding hydrogens is 425 g/mol. The third kappa shape index (κ3) is 5.16. The Kier molecular flexibility index (Phi) is 6.23. The number of aryl methyl sites for hydroxylation is 1. The van der Waals surface area contributed by atoms with Crippen LogP contribution in [0, 0.1) is 19.7 Å². The predicted molar refractivity (Wildman–Crippen MR) is 112 cm³/mol. The predicted octanol–water partition coefficient (Wildman–Crippen LogP) is 2.68. The summed E-state index contributed by atoms with van der Waals surface area (Å²) in [7, 11) is -3.83. The number of hydrogen-bond donors (Lipinski definition) is 2. The minimum Gasteiger partial charge on any atom is -0.452 e. The van der Waals surface area contributed by atoms with E-state index in [2.05, 4.69) is 5.32 Å². The minimum absolute atomic E-state index is 0.0894. The van der Waals surface area contributed by atoms with Crippen molar-refractivity contribution in [1.82, 2.24) is 4.57 Å². The first-order valence-corrected chi connectivity index (χ1v) is 10.7. The molecule has 0 fully saturated rings. The molecule has 0 aliphatic heterocycles. The van der Waals surface area contributed by atoms with Gasteiger partial charge < -0.3 is 14.6 Å². The average Bonchev–Trinajstić information content (AvgIpc) is 3.01. The Hall–Kier alpha value is -3.50. The number of esters is 1. The van der Waals surface area contributed by atoms with Crippen molar-refractivity contribution in [2.24, 2.45) is 5.14 Å². The van der Waals surface area contributed by atoms with E-state index >= 15 is 0 Å². The fourth-order valence-corrected chi connectivity index (χ4v) is 3.61. The monoisotopic (exact) mass is 445 g/mol. The summed E-state index contributed by atoms with van der Waals surface area (Å²) in [5, 5.41) is 7.52. The fourth-order valence-electron chi connectivity index (χ4n) is 3.09. The van der Waals surface area contributed by atoms with Crippen LogP contribution in [0.5, 0.6) is 0 Å². The number of sulfonamides is 1. The van der Waals surface area contributed by atoms with Crippen LogP contribution >= 0.6 is 0 Å². The van der Waals surface area contributed by atoms with Crippen LogP contribution in [0.4, 0.5) is 10.1 Å². The number of carbonyl (C=O) groups is 2. The molecule has 0 unspecified atom stereocenters. The SMILES string of the molecule is Cc1cc(C(=O)OCC(=O)Nc2ccc(S(N)(=O)=O)cc2)c(C)n1-c1ccc(F)cc1. The summed E-state index contributed by atoms with van der Waals surface area (Å²) in [6.07, 6.45) is 0. The summed E-state index contributed by atoms with van der Waals surface area (Å²) in [5.74, 6) is -1.64. The Morgan fingerprint density at radius 2 is 1.68 bits per heavy atom. The molecule has 3 N–H and O–H groups in total. The number of amides is 1. The molecular formula is C21H20FN3O5S. The van der Waals surface area contributed by atoms with Gasteiger partial charge in [0.2, 0.25) is 10.0 Å². The first kappa shape index (κ1) is 22.2. The third-order valence-electron chi connectivity index (χ3n) is 4.54. The van der Waals surface area contributed by atoms with Crippen LogP contribution in [0.3, 0.4) is 0 Å². The molecule has 1 heterocycles. The van der Waals surface area contributed by atoms with Crippen molar-refractivity contribution in [2.45, 2.75) is 18.7 Å². The number of rotatable bonds is 6. The number of benzene rings is 2. The number of ether oxygens (including phenoxy) is 1. The van der Waals surface area contributed by atoms with Gasteiger partial charge in [-0.3, -0.25) is 4.79 Å². The van der Waals surface area contributed by atoms with Gasteiger partial charge in [0.05, 0.1) is 10.5 Å². The van der Waals surface area contributed by atoms with Crippen molar-refractivity contribution >= 4 is 27.6 Å². The van der Waals surface area contributed by atoms with Crippen LogP contribution in [0.25, 0.3) is 5.69 Å². The number of carbonyl (C=O) groups excluding carboxylic acids is 2. The first-order chi connectivity index (χ1) is 14.6. The smallest absolute Gasteiger partial charge is 0.340 e. The molecule has 0 bridgehead atoms. The molecule has 10 heteroatoms. The maximum atomic E-state index is 13.2. The van der Waals surface area contributed by atoms with E-state index < -0.39 is 28.5 Å². The summed E-state index contributed by atoms with van der Waals surface area (Å²) < 4.78 is 42.6. The van der Waals surface area contributed by atoms with Crippen LogP contribution < -0.4 is 10.5 Å². The molecule has 1 aromatic heterocycles. The van der Waals surface area contributed by atoms with E-state index in [1.54, 1.807) is 36.6 Å². The molecule has 0 atom stereocenters. The molecule has 31 heavy (non-hydrogen) atoms. The van der Waals surface area contributed by atoms with Gasteiger partial charge in [0.15, 0.2) is 6.61 Å². The number of anilines is 1. The van der Waals surface area contributed by atoms with E-state index in [1.165, 1.54) is 36.4 Å². The van der Waals surface area contributed by atoms with E-state index in [0.717, 1.165) is 5.69 Å². The highest BCUT2D eigenvalue weighted by molar-refractivity contribution is 7.89. The number of hydrogen-bond acceptors (Lipinski definition) is 5. The maximum absolute atomic E-state index is 13.2. The van der Waals surface area contributed by atoms with Crippen LogP contribution in [0.2, 0.25) is 0 Å². The Balaban J connectivity index is 1.65. The van der Waals surface area contributed by atoms with Gasteiger partial charge in [0.1, 0.15) is 5.82 Å². The lowest BCUT2D eigenvalue weighted by Crippen LogP contribution is -2.21. The van der Waals surface area contributed by atoms with Crippen molar-refractivity contribution in [1.29, 1.82) is 0 Å². The first-order valence-electron chi connectivity index (χ1n) is 9.11. The Bertz CT molecular complexity index is 1230. The van der Waals surface area contributed by atoms with Gasteiger partial charge in [-0.15, -0.1) is 0 Å². The van der Waals surface area contributed by atoms with Gasteiger partial charge in [-0.2, -0.15) is 0 Å². The quantitative estimate of drug-likeness (QED) is 0.565. The van der Waals surface area contributed by atoms with Gasteiger partial charge in [-0.25, -0.2) is 22.7 Å². The standard InChI is InChI=1S/C21H20FN3O5S/c1-13-11-19(14(2)25(13)17-7-3-15(22)4-8-17)21(27)30-12-20(26)24-16-5-9-18(10-6-16)31(23,28)29/h3-11H,12H2,1-2H3,(H,24,26)(H2,23,28,29). The van der Waals surface area contributed by atoms with Crippen LogP contribution in [-0.2, 0) is 19.6 Å².